The van der Waals surface area contributed by atoms with Gasteiger partial charge in [0.1, 0.15) is 6.10 Å². The molecule has 27 heavy (non-hydrogen) atoms. The van der Waals surface area contributed by atoms with Crippen LogP contribution in [0.5, 0.6) is 0 Å². The molecule has 0 aromatic carbocycles. The highest BCUT2D eigenvalue weighted by Gasteiger charge is 2.15. The van der Waals surface area contributed by atoms with Crippen LogP contribution in [0.2, 0.25) is 0 Å². The maximum Gasteiger partial charge on any atom is 0.483 e. The standard InChI is InChI=1S/C21H42O5Si/c1-6-7-8-9-10-13-16-20(26-21(22)19(2)3)17-14-11-12-15-18-25-27(23-4)24-5/h20,27H,2,6-18H2,1,3-5H3. The summed E-state index contributed by atoms with van der Waals surface area (Å²) in [6, 6.07) is 0. The van der Waals surface area contributed by atoms with Crippen molar-refractivity contribution in [3.63, 3.8) is 0 Å². The summed E-state index contributed by atoms with van der Waals surface area (Å²) >= 11 is 0. The molecule has 0 fully saturated rings. The summed E-state index contributed by atoms with van der Waals surface area (Å²) < 4.78 is 21.4. The van der Waals surface area contributed by atoms with E-state index < -0.39 is 9.53 Å². The van der Waals surface area contributed by atoms with Crippen LogP contribution >= 0.6 is 0 Å². The summed E-state index contributed by atoms with van der Waals surface area (Å²) in [5.74, 6) is -0.255. The Morgan fingerprint density at radius 1 is 0.889 bits per heavy atom. The first-order valence-electron chi connectivity index (χ1n) is 10.6. The van der Waals surface area contributed by atoms with Crippen LogP contribution < -0.4 is 0 Å². The minimum Gasteiger partial charge on any atom is -0.459 e. The number of unbranched alkanes of at least 4 members (excludes halogenated alkanes) is 8. The maximum atomic E-state index is 11.9. The van der Waals surface area contributed by atoms with Gasteiger partial charge >= 0.3 is 15.5 Å². The molecule has 0 saturated heterocycles. The molecule has 1 atom stereocenters. The summed E-state index contributed by atoms with van der Waals surface area (Å²) in [7, 11) is 1.36. The van der Waals surface area contributed by atoms with E-state index in [-0.39, 0.29) is 12.1 Å². The second kappa shape index (κ2) is 18.7. The molecule has 0 aromatic rings. The molecule has 0 rings (SSSR count). The van der Waals surface area contributed by atoms with Gasteiger partial charge in [-0.15, -0.1) is 0 Å². The molecule has 0 aliphatic rings. The molecular weight excluding hydrogens is 360 g/mol. The van der Waals surface area contributed by atoms with Gasteiger partial charge in [0, 0.05) is 26.4 Å². The first-order chi connectivity index (χ1) is 13.0. The van der Waals surface area contributed by atoms with E-state index in [9.17, 15) is 4.79 Å². The predicted molar refractivity (Wildman–Crippen MR) is 113 cm³/mol. The Hall–Kier alpha value is -0.693. The molecule has 0 radical (unpaired) electrons. The predicted octanol–water partition coefficient (Wildman–Crippen LogP) is 5.20. The van der Waals surface area contributed by atoms with Gasteiger partial charge in [0.2, 0.25) is 0 Å². The third-order valence-electron chi connectivity index (χ3n) is 4.56. The highest BCUT2D eigenvalue weighted by molar-refractivity contribution is 6.36. The van der Waals surface area contributed by atoms with E-state index in [2.05, 4.69) is 13.5 Å². The highest BCUT2D eigenvalue weighted by atomic mass is 28.3. The Morgan fingerprint density at radius 3 is 1.93 bits per heavy atom. The molecule has 0 heterocycles. The van der Waals surface area contributed by atoms with Crippen molar-refractivity contribution in [3.05, 3.63) is 12.2 Å². The molecule has 0 bridgehead atoms. The molecule has 6 heteroatoms. The van der Waals surface area contributed by atoms with Crippen molar-refractivity contribution in [1.29, 1.82) is 0 Å². The first kappa shape index (κ1) is 26.3. The Kier molecular flexibility index (Phi) is 18.2. The topological polar surface area (TPSA) is 54.0 Å². The average Bonchev–Trinajstić information content (AvgIpc) is 2.66. The van der Waals surface area contributed by atoms with Gasteiger partial charge in [-0.1, -0.05) is 58.4 Å². The van der Waals surface area contributed by atoms with Crippen LogP contribution in [0.15, 0.2) is 12.2 Å². The fraction of sp³-hybridized carbons (Fsp3) is 0.857. The van der Waals surface area contributed by atoms with E-state index in [1.54, 1.807) is 21.1 Å². The van der Waals surface area contributed by atoms with Crippen molar-refractivity contribution in [3.8, 4) is 0 Å². The largest absolute Gasteiger partial charge is 0.483 e. The lowest BCUT2D eigenvalue weighted by Gasteiger charge is -2.18. The first-order valence-corrected chi connectivity index (χ1v) is 12.0. The summed E-state index contributed by atoms with van der Waals surface area (Å²) in [6.45, 7) is 8.32. The fourth-order valence-electron chi connectivity index (χ4n) is 2.91. The zero-order valence-corrected chi connectivity index (χ0v) is 19.3. The number of ether oxygens (including phenoxy) is 1. The Labute approximate surface area is 168 Å². The highest BCUT2D eigenvalue weighted by Crippen LogP contribution is 2.17. The van der Waals surface area contributed by atoms with Crippen molar-refractivity contribution in [2.75, 3.05) is 20.8 Å². The van der Waals surface area contributed by atoms with E-state index in [1.165, 1.54) is 32.1 Å². The number of rotatable bonds is 19. The zero-order chi connectivity index (χ0) is 20.3. The van der Waals surface area contributed by atoms with Gasteiger partial charge in [-0.05, 0) is 39.0 Å². The van der Waals surface area contributed by atoms with E-state index in [4.69, 9.17) is 18.0 Å². The van der Waals surface area contributed by atoms with Crippen molar-refractivity contribution in [2.45, 2.75) is 97.0 Å². The lowest BCUT2D eigenvalue weighted by atomic mass is 10.0. The van der Waals surface area contributed by atoms with Crippen LogP contribution in [0.3, 0.4) is 0 Å². The molecule has 0 aromatic heterocycles. The van der Waals surface area contributed by atoms with E-state index >= 15 is 0 Å². The third-order valence-corrected chi connectivity index (χ3v) is 5.84. The molecule has 0 aliphatic carbocycles. The van der Waals surface area contributed by atoms with Crippen LogP contribution in [-0.2, 0) is 22.8 Å². The lowest BCUT2D eigenvalue weighted by molar-refractivity contribution is -0.145. The Morgan fingerprint density at radius 2 is 1.41 bits per heavy atom. The number of hydrogen-bond donors (Lipinski definition) is 0. The molecule has 0 aliphatic heterocycles. The van der Waals surface area contributed by atoms with Crippen molar-refractivity contribution >= 4 is 15.5 Å². The van der Waals surface area contributed by atoms with Crippen LogP contribution in [0.4, 0.5) is 0 Å². The summed E-state index contributed by atoms with van der Waals surface area (Å²) in [6.07, 6.45) is 13.7. The van der Waals surface area contributed by atoms with E-state index in [0.29, 0.717) is 12.2 Å². The summed E-state index contributed by atoms with van der Waals surface area (Å²) in [5.41, 5.74) is 0.482. The fourth-order valence-corrected chi connectivity index (χ4v) is 3.73. The van der Waals surface area contributed by atoms with Crippen molar-refractivity contribution < 1.29 is 22.8 Å². The molecule has 0 saturated carbocycles. The van der Waals surface area contributed by atoms with Crippen LogP contribution in [0, 0.1) is 0 Å². The van der Waals surface area contributed by atoms with Gasteiger partial charge < -0.3 is 18.0 Å². The molecule has 0 N–H and O–H groups in total. The van der Waals surface area contributed by atoms with Crippen LogP contribution in [-0.4, -0.2) is 42.4 Å². The van der Waals surface area contributed by atoms with Gasteiger partial charge in [0.25, 0.3) is 0 Å². The number of hydrogen-bond acceptors (Lipinski definition) is 5. The monoisotopic (exact) mass is 402 g/mol. The third kappa shape index (κ3) is 16.0. The van der Waals surface area contributed by atoms with Crippen molar-refractivity contribution in [2.24, 2.45) is 0 Å². The molecular formula is C21H42O5Si. The molecule has 160 valence electrons. The Bertz CT molecular complexity index is 372. The van der Waals surface area contributed by atoms with Crippen molar-refractivity contribution in [1.82, 2.24) is 0 Å². The normalized spacial score (nSPS) is 12.3. The minimum absolute atomic E-state index is 0.0235. The quantitative estimate of drug-likeness (QED) is 0.129. The van der Waals surface area contributed by atoms with Crippen LogP contribution in [0.25, 0.3) is 0 Å². The van der Waals surface area contributed by atoms with Gasteiger partial charge in [-0.2, -0.15) is 0 Å². The molecule has 5 nitrogen and oxygen atoms in total. The lowest BCUT2D eigenvalue weighted by Crippen LogP contribution is -2.24. The SMILES string of the molecule is C=C(C)C(=O)OC(CCCCCCCC)CCCCCCO[SiH](OC)OC. The smallest absolute Gasteiger partial charge is 0.459 e. The number of esters is 1. The van der Waals surface area contributed by atoms with Gasteiger partial charge in [-0.25, -0.2) is 4.79 Å². The molecule has 0 amide bonds. The van der Waals surface area contributed by atoms with E-state index in [0.717, 1.165) is 44.9 Å². The van der Waals surface area contributed by atoms with Gasteiger partial charge in [-0.3, -0.25) is 0 Å². The minimum atomic E-state index is -1.88. The van der Waals surface area contributed by atoms with E-state index in [1.807, 2.05) is 0 Å². The summed E-state index contributed by atoms with van der Waals surface area (Å²) in [5, 5.41) is 0. The second-order valence-corrected chi connectivity index (χ2v) is 9.05. The Balaban J connectivity index is 3.95. The maximum absolute atomic E-state index is 11.9. The average molecular weight is 403 g/mol. The molecule has 0 spiro atoms. The number of carbonyl (C=O) groups is 1. The summed E-state index contributed by atoms with van der Waals surface area (Å²) in [4.78, 5) is 11.9. The van der Waals surface area contributed by atoms with Gasteiger partial charge in [0.05, 0.1) is 0 Å². The molecule has 1 unspecified atom stereocenters. The second-order valence-electron chi connectivity index (χ2n) is 7.20. The zero-order valence-electron chi connectivity index (χ0n) is 18.1. The number of carbonyl (C=O) groups excluding carboxylic acids is 1. The van der Waals surface area contributed by atoms with Gasteiger partial charge in [0.15, 0.2) is 0 Å². The van der Waals surface area contributed by atoms with Crippen LogP contribution in [0.1, 0.15) is 90.9 Å².